The van der Waals surface area contributed by atoms with Gasteiger partial charge in [0.2, 0.25) is 0 Å². The van der Waals surface area contributed by atoms with Crippen LogP contribution in [0.4, 0.5) is 4.39 Å². The van der Waals surface area contributed by atoms with Crippen molar-refractivity contribution in [2.75, 3.05) is 12.0 Å². The average molecular weight is 377 g/mol. The molecule has 0 aliphatic carbocycles. The zero-order valence-corrected chi connectivity index (χ0v) is 14.1. The Morgan fingerprint density at radius 3 is 3.00 bits per heavy atom. The number of amides is 1. The molecule has 1 atom stereocenters. The van der Waals surface area contributed by atoms with Gasteiger partial charge in [0.25, 0.3) is 5.91 Å². The van der Waals surface area contributed by atoms with E-state index < -0.39 is 0 Å². The van der Waals surface area contributed by atoms with E-state index in [4.69, 9.17) is 12.2 Å². The van der Waals surface area contributed by atoms with Gasteiger partial charge in [-0.05, 0) is 54.4 Å². The minimum atomic E-state index is -0.326. The molecule has 1 aromatic carbocycles. The summed E-state index contributed by atoms with van der Waals surface area (Å²) in [5, 5.41) is 3.44. The maximum Gasteiger partial charge on any atom is 0.251 e. The van der Waals surface area contributed by atoms with Crippen LogP contribution in [0.1, 0.15) is 12.0 Å². The van der Waals surface area contributed by atoms with Gasteiger partial charge in [0.15, 0.2) is 5.11 Å². The Hall–Kier alpha value is -0.660. The number of nitrogens with zero attached hydrogens (tertiary/aromatic N) is 1. The Kier molecular flexibility index (Phi) is 5.40. The van der Waals surface area contributed by atoms with E-state index in [2.05, 4.69) is 21.2 Å². The van der Waals surface area contributed by atoms with E-state index in [9.17, 15) is 9.18 Å². The molecule has 1 amide bonds. The van der Waals surface area contributed by atoms with Crippen molar-refractivity contribution in [3.63, 3.8) is 0 Å². The Morgan fingerprint density at radius 2 is 2.30 bits per heavy atom. The summed E-state index contributed by atoms with van der Waals surface area (Å²) in [6, 6.07) is 4.15. The fourth-order valence-corrected chi connectivity index (χ4v) is 3.13. The van der Waals surface area contributed by atoms with Gasteiger partial charge in [0.1, 0.15) is 11.9 Å². The summed E-state index contributed by atoms with van der Waals surface area (Å²) in [4.78, 5) is 13.8. The lowest BCUT2D eigenvalue weighted by Gasteiger charge is -2.16. The third kappa shape index (κ3) is 3.51. The van der Waals surface area contributed by atoms with E-state index in [0.717, 1.165) is 16.6 Å². The van der Waals surface area contributed by atoms with Gasteiger partial charge >= 0.3 is 0 Å². The zero-order chi connectivity index (χ0) is 14.7. The van der Waals surface area contributed by atoms with Gasteiger partial charge in [-0.15, -0.1) is 0 Å². The van der Waals surface area contributed by atoms with Gasteiger partial charge < -0.3 is 5.32 Å². The van der Waals surface area contributed by atoms with Crippen molar-refractivity contribution >= 4 is 50.9 Å². The van der Waals surface area contributed by atoms with Gasteiger partial charge in [0.05, 0.1) is 6.54 Å². The van der Waals surface area contributed by atoms with Crippen molar-refractivity contribution in [2.45, 2.75) is 19.0 Å². The number of rotatable bonds is 5. The van der Waals surface area contributed by atoms with Crippen LogP contribution in [0.3, 0.4) is 0 Å². The van der Waals surface area contributed by atoms with Gasteiger partial charge in [-0.1, -0.05) is 15.9 Å². The number of hydrogen-bond acceptors (Lipinski definition) is 3. The normalized spacial score (nSPS) is 18.6. The summed E-state index contributed by atoms with van der Waals surface area (Å²) in [5.41, 5.74) is 0.702. The van der Waals surface area contributed by atoms with Crippen LogP contribution in [0.25, 0.3) is 0 Å². The van der Waals surface area contributed by atoms with E-state index in [-0.39, 0.29) is 24.3 Å². The number of nitrogens with one attached hydrogen (secondary N) is 1. The van der Waals surface area contributed by atoms with Gasteiger partial charge in [0, 0.05) is 4.47 Å². The lowest BCUT2D eigenvalue weighted by Crippen LogP contribution is -2.31. The number of carbonyl (C=O) groups is 1. The lowest BCUT2D eigenvalue weighted by molar-refractivity contribution is -0.127. The van der Waals surface area contributed by atoms with Crippen LogP contribution in [0.15, 0.2) is 22.7 Å². The fourth-order valence-electron chi connectivity index (χ4n) is 1.99. The Labute approximate surface area is 135 Å². The first-order valence-corrected chi connectivity index (χ1v) is 8.67. The van der Waals surface area contributed by atoms with Crippen molar-refractivity contribution in [3.8, 4) is 0 Å². The molecule has 1 aliphatic rings. The van der Waals surface area contributed by atoms with Crippen LogP contribution in [-0.4, -0.2) is 34.0 Å². The summed E-state index contributed by atoms with van der Waals surface area (Å²) in [7, 11) is 0. The first-order chi connectivity index (χ1) is 9.52. The van der Waals surface area contributed by atoms with Crippen molar-refractivity contribution in [1.29, 1.82) is 0 Å². The molecule has 0 aromatic heterocycles. The largest absolute Gasteiger partial charge is 0.350 e. The summed E-state index contributed by atoms with van der Waals surface area (Å²) >= 11 is 10.3. The third-order valence-corrected chi connectivity index (χ3v) is 4.81. The van der Waals surface area contributed by atoms with E-state index >= 15 is 0 Å². The topological polar surface area (TPSA) is 32.3 Å². The van der Waals surface area contributed by atoms with Crippen LogP contribution in [0.2, 0.25) is 0 Å². The minimum absolute atomic E-state index is 0.0415. The highest BCUT2D eigenvalue weighted by molar-refractivity contribution is 9.10. The second-order valence-electron chi connectivity index (χ2n) is 4.44. The molecule has 1 fully saturated rings. The van der Waals surface area contributed by atoms with Crippen LogP contribution < -0.4 is 5.32 Å². The molecule has 1 N–H and O–H groups in total. The molecule has 0 unspecified atom stereocenters. The molecule has 108 valence electrons. The quantitative estimate of drug-likeness (QED) is 0.800. The fraction of sp³-hybridized carbons (Fsp3) is 0.385. The number of carbonyl (C=O) groups excluding carboxylic acids is 1. The van der Waals surface area contributed by atoms with E-state index in [1.54, 1.807) is 17.8 Å². The molecule has 0 radical (unpaired) electrons. The molecule has 1 saturated heterocycles. The molecular formula is C13H14BrFN2OS2. The number of thiocarbonyl (C=S) groups is 1. The molecule has 0 spiro atoms. The smallest absolute Gasteiger partial charge is 0.251 e. The maximum absolute atomic E-state index is 13.3. The summed E-state index contributed by atoms with van der Waals surface area (Å²) in [5.74, 6) is 0.525. The first-order valence-electron chi connectivity index (χ1n) is 6.07. The molecule has 7 heteroatoms. The number of halogens is 2. The van der Waals surface area contributed by atoms with Crippen LogP contribution in [0, 0.1) is 5.82 Å². The SMILES string of the molecule is CSCC[C@H]1NC(=S)N(Cc2cc(F)ccc2Br)C1=O. The Morgan fingerprint density at radius 1 is 1.55 bits per heavy atom. The molecule has 0 saturated carbocycles. The van der Waals surface area contributed by atoms with Crippen molar-refractivity contribution in [3.05, 3.63) is 34.1 Å². The van der Waals surface area contributed by atoms with Gasteiger partial charge in [-0.3, -0.25) is 9.69 Å². The number of thioether (sulfide) groups is 1. The van der Waals surface area contributed by atoms with E-state index in [0.29, 0.717) is 10.7 Å². The molecular weight excluding hydrogens is 363 g/mol. The second-order valence-corrected chi connectivity index (χ2v) is 6.67. The van der Waals surface area contributed by atoms with Crippen LogP contribution in [0.5, 0.6) is 0 Å². The average Bonchev–Trinajstić information content (AvgIpc) is 2.68. The predicted octanol–water partition coefficient (Wildman–Crippen LogP) is 2.93. The Balaban J connectivity index is 2.11. The predicted molar refractivity (Wildman–Crippen MR) is 87.2 cm³/mol. The standard InChI is InChI=1S/C13H14BrFN2OS2/c1-20-5-4-11-12(18)17(13(19)16-11)7-8-6-9(15)2-3-10(8)14/h2-3,6,11H,4-5,7H2,1H3,(H,16,19)/t11-/m1/s1. The highest BCUT2D eigenvalue weighted by Crippen LogP contribution is 2.22. The van der Waals surface area contributed by atoms with E-state index in [1.807, 2.05) is 6.26 Å². The molecule has 2 rings (SSSR count). The molecule has 0 bridgehead atoms. The molecule has 1 aliphatic heterocycles. The molecule has 1 aromatic rings. The maximum atomic E-state index is 13.3. The highest BCUT2D eigenvalue weighted by Gasteiger charge is 2.35. The summed E-state index contributed by atoms with van der Waals surface area (Å²) in [6.45, 7) is 0.277. The lowest BCUT2D eigenvalue weighted by atomic mass is 10.2. The summed E-state index contributed by atoms with van der Waals surface area (Å²) in [6.07, 6.45) is 2.74. The van der Waals surface area contributed by atoms with Crippen LogP contribution in [-0.2, 0) is 11.3 Å². The monoisotopic (exact) mass is 376 g/mol. The third-order valence-electron chi connectivity index (χ3n) is 3.05. The molecule has 1 heterocycles. The van der Waals surface area contributed by atoms with Gasteiger partial charge in [-0.25, -0.2) is 4.39 Å². The first kappa shape index (κ1) is 15.7. The second kappa shape index (κ2) is 6.87. The molecule has 3 nitrogen and oxygen atoms in total. The summed E-state index contributed by atoms with van der Waals surface area (Å²) < 4.78 is 14.0. The molecule has 20 heavy (non-hydrogen) atoms. The van der Waals surface area contributed by atoms with Gasteiger partial charge in [-0.2, -0.15) is 11.8 Å². The zero-order valence-electron chi connectivity index (χ0n) is 10.9. The number of benzene rings is 1. The number of hydrogen-bond donors (Lipinski definition) is 1. The van der Waals surface area contributed by atoms with Crippen LogP contribution >= 0.6 is 39.9 Å². The highest BCUT2D eigenvalue weighted by atomic mass is 79.9. The van der Waals surface area contributed by atoms with E-state index in [1.165, 1.54) is 17.0 Å². The Bertz CT molecular complexity index is 541. The van der Waals surface area contributed by atoms with Crippen molar-refractivity contribution < 1.29 is 9.18 Å². The van der Waals surface area contributed by atoms with Crippen molar-refractivity contribution in [2.24, 2.45) is 0 Å². The minimum Gasteiger partial charge on any atom is -0.350 e. The van der Waals surface area contributed by atoms with Crippen molar-refractivity contribution in [1.82, 2.24) is 10.2 Å².